The smallest absolute Gasteiger partial charge is 0.243 e. The Morgan fingerprint density at radius 3 is 2.79 bits per heavy atom. The molecule has 1 aliphatic heterocycles. The van der Waals surface area contributed by atoms with Crippen molar-refractivity contribution in [2.24, 2.45) is 0 Å². The summed E-state index contributed by atoms with van der Waals surface area (Å²) in [6.07, 6.45) is 0.555. The van der Waals surface area contributed by atoms with Gasteiger partial charge in [-0.3, -0.25) is 4.79 Å². The first kappa shape index (κ1) is 14.0. The van der Waals surface area contributed by atoms with Crippen molar-refractivity contribution in [1.82, 2.24) is 5.32 Å². The highest BCUT2D eigenvalue weighted by Gasteiger charge is 2.28. The second-order valence-electron chi connectivity index (χ2n) is 5.78. The summed E-state index contributed by atoms with van der Waals surface area (Å²) in [5, 5.41) is 13.1. The average Bonchev–Trinajstić information content (AvgIpc) is 2.46. The fourth-order valence-electron chi connectivity index (χ4n) is 2.24. The Kier molecular flexibility index (Phi) is 3.92. The molecule has 0 fully saturated rings. The maximum Gasteiger partial charge on any atom is 0.243 e. The van der Waals surface area contributed by atoms with E-state index in [1.807, 2.05) is 31.2 Å². The minimum Gasteiger partial charge on any atom is -0.390 e. The second-order valence-corrected chi connectivity index (χ2v) is 5.78. The van der Waals surface area contributed by atoms with Crippen molar-refractivity contribution >= 4 is 11.6 Å². The van der Waals surface area contributed by atoms with E-state index in [1.54, 1.807) is 18.7 Å². The maximum absolute atomic E-state index is 12.4. The zero-order chi connectivity index (χ0) is 14.0. The lowest BCUT2D eigenvalue weighted by molar-refractivity contribution is -0.120. The third-order valence-corrected chi connectivity index (χ3v) is 3.46. The molecular formula is C15H22N2O2. The number of fused-ring (bicyclic) bond motifs is 1. The van der Waals surface area contributed by atoms with Gasteiger partial charge in [0.15, 0.2) is 0 Å². The van der Waals surface area contributed by atoms with E-state index in [2.05, 4.69) is 5.32 Å². The third-order valence-electron chi connectivity index (χ3n) is 3.46. The van der Waals surface area contributed by atoms with Crippen LogP contribution < -0.4 is 10.2 Å². The van der Waals surface area contributed by atoms with E-state index in [1.165, 1.54) is 0 Å². The van der Waals surface area contributed by atoms with Gasteiger partial charge < -0.3 is 15.3 Å². The van der Waals surface area contributed by atoms with Gasteiger partial charge in [-0.05, 0) is 38.8 Å². The number of aliphatic hydroxyl groups is 1. The predicted molar refractivity (Wildman–Crippen MR) is 76.0 cm³/mol. The molecule has 104 valence electrons. The highest BCUT2D eigenvalue weighted by atomic mass is 16.3. The number of nitrogens with one attached hydrogen (secondary N) is 1. The van der Waals surface area contributed by atoms with Crippen LogP contribution in [-0.4, -0.2) is 29.2 Å². The number of carbonyl (C=O) groups excluding carboxylic acids is 1. The van der Waals surface area contributed by atoms with Gasteiger partial charge in [0, 0.05) is 18.8 Å². The number of para-hydroxylation sites is 1. The van der Waals surface area contributed by atoms with Crippen LogP contribution in [-0.2, 0) is 11.3 Å². The third kappa shape index (κ3) is 3.33. The maximum atomic E-state index is 12.4. The Hall–Kier alpha value is -1.39. The fourth-order valence-corrected chi connectivity index (χ4v) is 2.24. The molecule has 1 amide bonds. The molecule has 2 rings (SSSR count). The largest absolute Gasteiger partial charge is 0.390 e. The monoisotopic (exact) mass is 262 g/mol. The van der Waals surface area contributed by atoms with E-state index in [0.29, 0.717) is 19.5 Å². The molecule has 4 nitrogen and oxygen atoms in total. The SMILES string of the molecule is CC1NCc2ccccc2N(CCC(C)(C)O)C1=O. The molecule has 2 N–H and O–H groups in total. The number of benzene rings is 1. The zero-order valence-electron chi connectivity index (χ0n) is 11.8. The summed E-state index contributed by atoms with van der Waals surface area (Å²) in [5.74, 6) is 0.0641. The van der Waals surface area contributed by atoms with Crippen LogP contribution in [0.15, 0.2) is 24.3 Å². The van der Waals surface area contributed by atoms with E-state index >= 15 is 0 Å². The van der Waals surface area contributed by atoms with Crippen LogP contribution >= 0.6 is 0 Å². The van der Waals surface area contributed by atoms with Crippen molar-refractivity contribution in [3.05, 3.63) is 29.8 Å². The molecule has 0 bridgehead atoms. The van der Waals surface area contributed by atoms with E-state index < -0.39 is 5.60 Å². The minimum absolute atomic E-state index is 0.0641. The topological polar surface area (TPSA) is 52.6 Å². The van der Waals surface area contributed by atoms with Crippen LogP contribution in [0.3, 0.4) is 0 Å². The lowest BCUT2D eigenvalue weighted by Gasteiger charge is -2.27. The molecule has 0 aromatic heterocycles. The first-order valence-electron chi connectivity index (χ1n) is 6.73. The van der Waals surface area contributed by atoms with Crippen LogP contribution in [0.25, 0.3) is 0 Å². The van der Waals surface area contributed by atoms with Gasteiger partial charge in [-0.25, -0.2) is 0 Å². The van der Waals surface area contributed by atoms with Crippen LogP contribution in [0.1, 0.15) is 32.8 Å². The molecule has 1 aromatic carbocycles. The molecule has 1 heterocycles. The van der Waals surface area contributed by atoms with Crippen molar-refractivity contribution in [1.29, 1.82) is 0 Å². The Morgan fingerprint density at radius 2 is 2.11 bits per heavy atom. The molecular weight excluding hydrogens is 240 g/mol. The lowest BCUT2D eigenvalue weighted by atomic mass is 10.0. The molecule has 1 atom stereocenters. The average molecular weight is 262 g/mol. The summed E-state index contributed by atoms with van der Waals surface area (Å²) in [7, 11) is 0. The summed E-state index contributed by atoms with van der Waals surface area (Å²) in [4.78, 5) is 14.2. The highest BCUT2D eigenvalue weighted by molar-refractivity contribution is 5.98. The van der Waals surface area contributed by atoms with E-state index in [0.717, 1.165) is 11.3 Å². The van der Waals surface area contributed by atoms with E-state index in [9.17, 15) is 9.90 Å². The Balaban J connectivity index is 2.28. The van der Waals surface area contributed by atoms with Crippen LogP contribution in [0.4, 0.5) is 5.69 Å². The van der Waals surface area contributed by atoms with Crippen LogP contribution in [0.2, 0.25) is 0 Å². The lowest BCUT2D eigenvalue weighted by Crippen LogP contribution is -2.44. The van der Waals surface area contributed by atoms with Crippen molar-refractivity contribution in [2.75, 3.05) is 11.4 Å². The fraction of sp³-hybridized carbons (Fsp3) is 0.533. The molecule has 0 spiro atoms. The second kappa shape index (κ2) is 5.31. The molecule has 19 heavy (non-hydrogen) atoms. The highest BCUT2D eigenvalue weighted by Crippen LogP contribution is 2.25. The van der Waals surface area contributed by atoms with Crippen LogP contribution in [0, 0.1) is 0 Å². The molecule has 0 saturated carbocycles. The summed E-state index contributed by atoms with van der Waals surface area (Å²) in [6, 6.07) is 7.73. The van der Waals surface area contributed by atoms with Gasteiger partial charge in [0.1, 0.15) is 0 Å². The zero-order valence-corrected chi connectivity index (χ0v) is 11.8. The summed E-state index contributed by atoms with van der Waals surface area (Å²) in [5.41, 5.74) is 1.31. The quantitative estimate of drug-likeness (QED) is 0.871. The summed E-state index contributed by atoms with van der Waals surface area (Å²) in [6.45, 7) is 6.64. The number of hydrogen-bond acceptors (Lipinski definition) is 3. The first-order chi connectivity index (χ1) is 8.88. The number of anilines is 1. The van der Waals surface area contributed by atoms with Crippen molar-refractivity contribution < 1.29 is 9.90 Å². The van der Waals surface area contributed by atoms with Crippen LogP contribution in [0.5, 0.6) is 0 Å². The molecule has 0 aliphatic carbocycles. The van der Waals surface area contributed by atoms with Crippen molar-refractivity contribution in [3.8, 4) is 0 Å². The normalized spacial score (nSPS) is 20.1. The van der Waals surface area contributed by atoms with Gasteiger partial charge in [-0.2, -0.15) is 0 Å². The number of nitrogens with zero attached hydrogens (tertiary/aromatic N) is 1. The van der Waals surface area contributed by atoms with Gasteiger partial charge in [-0.1, -0.05) is 18.2 Å². The van der Waals surface area contributed by atoms with Gasteiger partial charge in [0.25, 0.3) is 0 Å². The van der Waals surface area contributed by atoms with E-state index in [-0.39, 0.29) is 11.9 Å². The van der Waals surface area contributed by atoms with Gasteiger partial charge in [0.2, 0.25) is 5.91 Å². The van der Waals surface area contributed by atoms with Gasteiger partial charge in [0.05, 0.1) is 11.6 Å². The Labute approximate surface area is 114 Å². The van der Waals surface area contributed by atoms with Gasteiger partial charge in [-0.15, -0.1) is 0 Å². The number of hydrogen-bond donors (Lipinski definition) is 2. The van der Waals surface area contributed by atoms with Gasteiger partial charge >= 0.3 is 0 Å². The molecule has 1 aliphatic rings. The molecule has 0 saturated heterocycles. The van der Waals surface area contributed by atoms with Crippen molar-refractivity contribution in [2.45, 2.75) is 45.4 Å². The Morgan fingerprint density at radius 1 is 1.42 bits per heavy atom. The van der Waals surface area contributed by atoms with E-state index in [4.69, 9.17) is 0 Å². The number of carbonyl (C=O) groups is 1. The molecule has 0 radical (unpaired) electrons. The number of rotatable bonds is 3. The summed E-state index contributed by atoms with van der Waals surface area (Å²) >= 11 is 0. The predicted octanol–water partition coefficient (Wildman–Crippen LogP) is 1.67. The molecule has 1 aromatic rings. The molecule has 1 unspecified atom stereocenters. The van der Waals surface area contributed by atoms with Crippen molar-refractivity contribution in [3.63, 3.8) is 0 Å². The number of amides is 1. The first-order valence-corrected chi connectivity index (χ1v) is 6.73. The standard InChI is InChI=1S/C15H22N2O2/c1-11-14(18)17(9-8-15(2,3)19)13-7-5-4-6-12(13)10-16-11/h4-7,11,16,19H,8-10H2,1-3H3. The Bertz CT molecular complexity index is 465. The molecule has 4 heteroatoms. The minimum atomic E-state index is -0.766. The summed E-state index contributed by atoms with van der Waals surface area (Å²) < 4.78 is 0.